The van der Waals surface area contributed by atoms with Gasteiger partial charge in [0.05, 0.1) is 4.90 Å². The molecule has 0 radical (unpaired) electrons. The maximum atomic E-state index is 13.2. The van der Waals surface area contributed by atoms with Crippen LogP contribution >= 0.6 is 11.3 Å². The molecule has 5 nitrogen and oxygen atoms in total. The quantitative estimate of drug-likeness (QED) is 0.745. The molecular weight excluding hydrogens is 366 g/mol. The Bertz CT molecular complexity index is 1040. The molecule has 1 fully saturated rings. The first-order valence-corrected chi connectivity index (χ1v) is 11.1. The summed E-state index contributed by atoms with van der Waals surface area (Å²) in [5.41, 5.74) is 0.852. The second-order valence-electron chi connectivity index (χ2n) is 6.31. The van der Waals surface area contributed by atoms with E-state index < -0.39 is 9.84 Å². The Morgan fingerprint density at radius 1 is 1.19 bits per heavy atom. The zero-order valence-electron chi connectivity index (χ0n) is 14.6. The van der Waals surface area contributed by atoms with Crippen LogP contribution in [0.3, 0.4) is 0 Å². The molecule has 2 aromatic heterocycles. The maximum Gasteiger partial charge on any atom is 0.216 e. The molecule has 7 heteroatoms. The van der Waals surface area contributed by atoms with E-state index in [1.807, 2.05) is 25.1 Å². The van der Waals surface area contributed by atoms with Crippen molar-refractivity contribution in [1.82, 2.24) is 10.3 Å². The van der Waals surface area contributed by atoms with Gasteiger partial charge in [-0.05, 0) is 30.2 Å². The van der Waals surface area contributed by atoms with Crippen molar-refractivity contribution >= 4 is 37.1 Å². The predicted molar refractivity (Wildman–Crippen MR) is 106 cm³/mol. The molecule has 0 amide bonds. The Balaban J connectivity index is 1.82. The topological polar surface area (TPSA) is 62.3 Å². The molecular formula is C19H21N3O2S2. The van der Waals surface area contributed by atoms with Gasteiger partial charge in [0, 0.05) is 42.5 Å². The summed E-state index contributed by atoms with van der Waals surface area (Å²) in [5, 5.41) is 4.26. The summed E-state index contributed by atoms with van der Waals surface area (Å²) in [7, 11) is -3.53. The summed E-state index contributed by atoms with van der Waals surface area (Å²) in [6, 6.07) is 11.0. The van der Waals surface area contributed by atoms with Crippen LogP contribution in [0.15, 0.2) is 51.7 Å². The molecule has 3 heterocycles. The van der Waals surface area contributed by atoms with Crippen molar-refractivity contribution in [3.63, 3.8) is 0 Å². The van der Waals surface area contributed by atoms with Gasteiger partial charge in [0.1, 0.15) is 10.0 Å². The van der Waals surface area contributed by atoms with Crippen molar-refractivity contribution in [3.05, 3.63) is 48.2 Å². The fourth-order valence-corrected chi connectivity index (χ4v) is 6.42. The Labute approximate surface area is 157 Å². The number of hydrogen-bond acceptors (Lipinski definition) is 6. The third kappa shape index (κ3) is 3.00. The number of pyridine rings is 1. The first-order valence-electron chi connectivity index (χ1n) is 8.78. The van der Waals surface area contributed by atoms with E-state index in [0.717, 1.165) is 47.6 Å². The molecule has 1 aliphatic heterocycles. The van der Waals surface area contributed by atoms with Crippen molar-refractivity contribution in [2.45, 2.75) is 22.4 Å². The van der Waals surface area contributed by atoms with Crippen LogP contribution in [-0.2, 0) is 16.3 Å². The minimum Gasteiger partial charge on any atom is -0.354 e. The van der Waals surface area contributed by atoms with Gasteiger partial charge in [0.2, 0.25) is 9.84 Å². The molecule has 26 heavy (non-hydrogen) atoms. The number of nitrogens with zero attached hydrogens (tertiary/aromatic N) is 2. The minimum absolute atomic E-state index is 0.387. The average Bonchev–Trinajstić information content (AvgIpc) is 3.14. The van der Waals surface area contributed by atoms with E-state index >= 15 is 0 Å². The van der Waals surface area contributed by atoms with E-state index in [1.165, 1.54) is 11.3 Å². The van der Waals surface area contributed by atoms with Crippen molar-refractivity contribution in [2.75, 3.05) is 31.1 Å². The summed E-state index contributed by atoms with van der Waals surface area (Å²) < 4.78 is 27.8. The fourth-order valence-electron chi connectivity index (χ4n) is 3.35. The lowest BCUT2D eigenvalue weighted by Crippen LogP contribution is -2.43. The van der Waals surface area contributed by atoms with E-state index in [1.54, 1.807) is 24.4 Å². The largest absolute Gasteiger partial charge is 0.354 e. The van der Waals surface area contributed by atoms with Gasteiger partial charge < -0.3 is 10.2 Å². The molecule has 136 valence electrons. The number of hydrogen-bond donors (Lipinski definition) is 1. The van der Waals surface area contributed by atoms with Crippen LogP contribution in [0.2, 0.25) is 0 Å². The number of aromatic nitrogens is 1. The highest BCUT2D eigenvalue weighted by Gasteiger charge is 2.25. The standard InChI is InChI=1S/C19H21N3O2S2/c1-2-14-5-3-4-6-17(14)26(23,24)18-13-15-16(25-18)7-8-21-19(15)22-11-9-20-10-12-22/h3-8,13,20H,2,9-12H2,1H3. The lowest BCUT2D eigenvalue weighted by atomic mass is 10.2. The second kappa shape index (κ2) is 6.98. The molecule has 1 N–H and O–H groups in total. The highest BCUT2D eigenvalue weighted by atomic mass is 32.2. The zero-order chi connectivity index (χ0) is 18.1. The van der Waals surface area contributed by atoms with Crippen LogP contribution in [0.4, 0.5) is 5.82 Å². The van der Waals surface area contributed by atoms with E-state index in [4.69, 9.17) is 0 Å². The van der Waals surface area contributed by atoms with Gasteiger partial charge in [0.15, 0.2) is 0 Å². The fraction of sp³-hybridized carbons (Fsp3) is 0.316. The summed E-state index contributed by atoms with van der Waals surface area (Å²) in [6.45, 7) is 5.56. The van der Waals surface area contributed by atoms with Gasteiger partial charge in [-0.25, -0.2) is 13.4 Å². The summed E-state index contributed by atoms with van der Waals surface area (Å²) in [6.07, 6.45) is 2.46. The third-order valence-electron chi connectivity index (χ3n) is 4.73. The van der Waals surface area contributed by atoms with Crippen LogP contribution in [0.1, 0.15) is 12.5 Å². The molecule has 1 aromatic carbocycles. The second-order valence-corrected chi connectivity index (χ2v) is 9.54. The van der Waals surface area contributed by atoms with Gasteiger partial charge in [-0.2, -0.15) is 0 Å². The molecule has 0 bridgehead atoms. The molecule has 4 rings (SSSR count). The lowest BCUT2D eigenvalue weighted by molar-refractivity contribution is 0.586. The summed E-state index contributed by atoms with van der Waals surface area (Å²) >= 11 is 1.33. The predicted octanol–water partition coefficient (Wildman–Crippen LogP) is 3.10. The first-order chi connectivity index (χ1) is 12.6. The Morgan fingerprint density at radius 2 is 1.96 bits per heavy atom. The molecule has 1 saturated heterocycles. The summed E-state index contributed by atoms with van der Waals surface area (Å²) in [4.78, 5) is 7.17. The lowest BCUT2D eigenvalue weighted by Gasteiger charge is -2.28. The van der Waals surface area contributed by atoms with E-state index in [0.29, 0.717) is 15.5 Å². The molecule has 0 unspecified atom stereocenters. The van der Waals surface area contributed by atoms with Gasteiger partial charge in [-0.1, -0.05) is 25.1 Å². The number of aryl methyl sites for hydroxylation is 1. The summed E-state index contributed by atoms with van der Waals surface area (Å²) in [5.74, 6) is 0.880. The van der Waals surface area contributed by atoms with Gasteiger partial charge in [0.25, 0.3) is 0 Å². The molecule has 1 aliphatic rings. The van der Waals surface area contributed by atoms with Crippen LogP contribution < -0.4 is 10.2 Å². The van der Waals surface area contributed by atoms with Crippen LogP contribution in [0.25, 0.3) is 10.1 Å². The van der Waals surface area contributed by atoms with Gasteiger partial charge in [-0.15, -0.1) is 11.3 Å². The Kier molecular flexibility index (Phi) is 4.69. The average molecular weight is 388 g/mol. The highest BCUT2D eigenvalue weighted by Crippen LogP contribution is 2.37. The van der Waals surface area contributed by atoms with Crippen molar-refractivity contribution in [2.24, 2.45) is 0 Å². The van der Waals surface area contributed by atoms with E-state index in [9.17, 15) is 8.42 Å². The number of sulfone groups is 1. The normalized spacial score (nSPS) is 15.5. The number of fused-ring (bicyclic) bond motifs is 1. The molecule has 0 saturated carbocycles. The molecule has 0 aliphatic carbocycles. The van der Waals surface area contributed by atoms with Gasteiger partial charge >= 0.3 is 0 Å². The van der Waals surface area contributed by atoms with Crippen LogP contribution in [0.5, 0.6) is 0 Å². The molecule has 3 aromatic rings. The SMILES string of the molecule is CCc1ccccc1S(=O)(=O)c1cc2c(N3CCNCC3)nccc2s1. The monoisotopic (exact) mass is 387 g/mol. The number of nitrogens with one attached hydrogen (secondary N) is 1. The Morgan fingerprint density at radius 3 is 2.73 bits per heavy atom. The van der Waals surface area contributed by atoms with Crippen molar-refractivity contribution in [1.29, 1.82) is 0 Å². The van der Waals surface area contributed by atoms with E-state index in [2.05, 4.69) is 15.2 Å². The number of thiophene rings is 1. The van der Waals surface area contributed by atoms with Crippen molar-refractivity contribution < 1.29 is 8.42 Å². The molecule has 0 spiro atoms. The Hall–Kier alpha value is -1.96. The number of rotatable bonds is 4. The zero-order valence-corrected chi connectivity index (χ0v) is 16.2. The number of piperazine rings is 1. The number of anilines is 1. The smallest absolute Gasteiger partial charge is 0.216 e. The first kappa shape index (κ1) is 17.5. The van der Waals surface area contributed by atoms with Crippen molar-refractivity contribution in [3.8, 4) is 0 Å². The van der Waals surface area contributed by atoms with Crippen LogP contribution in [-0.4, -0.2) is 39.6 Å². The van der Waals surface area contributed by atoms with E-state index in [-0.39, 0.29) is 0 Å². The highest BCUT2D eigenvalue weighted by molar-refractivity contribution is 7.93. The van der Waals surface area contributed by atoms with Crippen LogP contribution in [0, 0.1) is 0 Å². The third-order valence-corrected chi connectivity index (χ3v) is 8.15. The minimum atomic E-state index is -3.53. The molecule has 0 atom stereocenters. The number of benzene rings is 1. The van der Waals surface area contributed by atoms with Gasteiger partial charge in [-0.3, -0.25) is 0 Å². The maximum absolute atomic E-state index is 13.2.